The van der Waals surface area contributed by atoms with E-state index in [-0.39, 0.29) is 11.5 Å². The molecule has 0 unspecified atom stereocenters. The van der Waals surface area contributed by atoms with Crippen molar-refractivity contribution in [3.8, 4) is 11.5 Å². The Hall–Kier alpha value is -3.21. The normalized spacial score (nSPS) is 16.5. The van der Waals surface area contributed by atoms with E-state index in [9.17, 15) is 18.0 Å². The molecule has 1 aromatic heterocycles. The van der Waals surface area contributed by atoms with Crippen molar-refractivity contribution in [3.05, 3.63) is 36.0 Å². The van der Waals surface area contributed by atoms with E-state index in [0.717, 1.165) is 6.26 Å². The summed E-state index contributed by atoms with van der Waals surface area (Å²) in [5.74, 6) is -2.84. The number of nitrogens with one attached hydrogen (secondary N) is 1. The van der Waals surface area contributed by atoms with Gasteiger partial charge in [0.2, 0.25) is 15.7 Å². The summed E-state index contributed by atoms with van der Waals surface area (Å²) < 4.78 is 37.8. The lowest BCUT2D eigenvalue weighted by Crippen LogP contribution is -2.42. The summed E-state index contributed by atoms with van der Waals surface area (Å²) in [6.07, 6.45) is 2.15. The minimum absolute atomic E-state index is 0.0435. The highest BCUT2D eigenvalue weighted by Crippen LogP contribution is 2.24. The van der Waals surface area contributed by atoms with Crippen LogP contribution in [-0.4, -0.2) is 42.6 Å². The van der Waals surface area contributed by atoms with E-state index in [4.69, 9.17) is 13.9 Å². The molecule has 0 saturated carbocycles. The van der Waals surface area contributed by atoms with E-state index in [1.165, 1.54) is 20.0 Å². The van der Waals surface area contributed by atoms with Crippen molar-refractivity contribution in [1.82, 2.24) is 10.2 Å². The Morgan fingerprint density at radius 2 is 1.63 bits per heavy atom. The molecule has 10 nitrogen and oxygen atoms in total. The molecule has 1 saturated heterocycles. The zero-order chi connectivity index (χ0) is 19.8. The maximum Gasteiger partial charge on any atom is 0.350 e. The van der Waals surface area contributed by atoms with Crippen molar-refractivity contribution in [2.24, 2.45) is 0 Å². The molecule has 1 N–H and O–H groups in total. The number of hydrogen-bond donors (Lipinski definition) is 1. The molecule has 1 fully saturated rings. The number of benzene rings is 1. The molecule has 0 aliphatic carbocycles. The highest BCUT2D eigenvalue weighted by Gasteiger charge is 2.38. The quantitative estimate of drug-likeness (QED) is 0.459. The van der Waals surface area contributed by atoms with Crippen molar-refractivity contribution in [1.29, 1.82) is 0 Å². The fourth-order valence-corrected chi connectivity index (χ4v) is 2.54. The van der Waals surface area contributed by atoms with Gasteiger partial charge in [-0.3, -0.25) is 0 Å². The first-order valence-corrected chi connectivity index (χ1v) is 9.52. The molecule has 27 heavy (non-hydrogen) atoms. The molecule has 2 aromatic rings. The van der Waals surface area contributed by atoms with Crippen molar-refractivity contribution < 1.29 is 31.9 Å². The molecule has 11 heteroatoms. The summed E-state index contributed by atoms with van der Waals surface area (Å²) in [7, 11) is -3.59. The average molecular weight is 393 g/mol. The fraction of sp³-hybridized carbons (Fsp3) is 0.250. The van der Waals surface area contributed by atoms with Crippen LogP contribution in [0.5, 0.6) is 0 Å². The summed E-state index contributed by atoms with van der Waals surface area (Å²) in [6.45, 7) is 2.91. The van der Waals surface area contributed by atoms with Crippen LogP contribution in [0.4, 0.5) is 5.69 Å². The Kier molecular flexibility index (Phi) is 4.47. The second-order valence-electron chi connectivity index (χ2n) is 6.10. The minimum Gasteiger partial charge on any atom is -0.419 e. The van der Waals surface area contributed by atoms with Gasteiger partial charge in [-0.05, 0) is 24.3 Å². The second kappa shape index (κ2) is 6.50. The molecule has 0 atom stereocenters. The zero-order valence-electron chi connectivity index (χ0n) is 14.5. The van der Waals surface area contributed by atoms with E-state index in [1.807, 2.05) is 0 Å². The Labute approximate surface area is 154 Å². The summed E-state index contributed by atoms with van der Waals surface area (Å²) >= 11 is 0. The molecule has 142 valence electrons. The predicted molar refractivity (Wildman–Crippen MR) is 90.8 cm³/mol. The van der Waals surface area contributed by atoms with Crippen molar-refractivity contribution in [3.63, 3.8) is 0 Å². The van der Waals surface area contributed by atoms with Gasteiger partial charge >= 0.3 is 17.2 Å². The molecule has 0 bridgehead atoms. The molecule has 0 amide bonds. The topological polar surface area (TPSA) is 138 Å². The van der Waals surface area contributed by atoms with Crippen LogP contribution >= 0.6 is 0 Å². The number of hydrogen-bond acceptors (Lipinski definition) is 10. The summed E-state index contributed by atoms with van der Waals surface area (Å²) in [5.41, 5.74) is 0.765. The number of cyclic esters (lactones) is 2. The van der Waals surface area contributed by atoms with Crippen LogP contribution in [0.25, 0.3) is 11.5 Å². The monoisotopic (exact) mass is 393 g/mol. The molecule has 0 radical (unpaired) electrons. The first kappa shape index (κ1) is 18.6. The van der Waals surface area contributed by atoms with Crippen LogP contribution in [0.15, 0.2) is 45.7 Å². The highest BCUT2D eigenvalue weighted by molar-refractivity contribution is 7.90. The first-order chi connectivity index (χ1) is 12.5. The van der Waals surface area contributed by atoms with Crippen LogP contribution in [-0.2, 0) is 28.9 Å². The number of esters is 2. The van der Waals surface area contributed by atoms with E-state index in [2.05, 4.69) is 15.5 Å². The predicted octanol–water partition coefficient (Wildman–Crippen LogP) is 1.27. The second-order valence-corrected chi connectivity index (χ2v) is 8.00. The molecule has 2 heterocycles. The van der Waals surface area contributed by atoms with Gasteiger partial charge in [0.15, 0.2) is 5.57 Å². The van der Waals surface area contributed by atoms with Gasteiger partial charge in [-0.15, -0.1) is 5.10 Å². The van der Waals surface area contributed by atoms with Crippen LogP contribution in [0.2, 0.25) is 0 Å². The lowest BCUT2D eigenvalue weighted by molar-refractivity contribution is -0.222. The molecular formula is C16H15N3O7S. The minimum atomic E-state index is -3.59. The number of aromatic nitrogens is 2. The highest BCUT2D eigenvalue weighted by atomic mass is 32.2. The average Bonchev–Trinajstić information content (AvgIpc) is 3.04. The lowest BCUT2D eigenvalue weighted by Gasteiger charge is -2.29. The van der Waals surface area contributed by atoms with Gasteiger partial charge in [-0.2, -0.15) is 0 Å². The van der Waals surface area contributed by atoms with Crippen LogP contribution in [0.3, 0.4) is 0 Å². The van der Waals surface area contributed by atoms with Crippen LogP contribution in [0.1, 0.15) is 13.8 Å². The van der Waals surface area contributed by atoms with E-state index >= 15 is 0 Å². The van der Waals surface area contributed by atoms with Crippen molar-refractivity contribution >= 4 is 27.5 Å². The summed E-state index contributed by atoms with van der Waals surface area (Å²) in [5, 5.41) is 9.48. The maximum atomic E-state index is 11.9. The number of nitrogens with zero attached hydrogens (tertiary/aromatic N) is 2. The Balaban J connectivity index is 1.74. The molecule has 1 aromatic carbocycles. The number of rotatable bonds is 4. The number of anilines is 1. The standard InChI is InChI=1S/C16H15N3O7S/c1-16(2)25-13(20)11(14(21)26-16)8-17-10-6-4-9(5-7-10)12-18-19-15(24-12)27(3,22)23/h4-8,17H,1-3H3. The van der Waals surface area contributed by atoms with Gasteiger partial charge in [-0.1, -0.05) is 5.10 Å². The molecule has 1 aliphatic rings. The Morgan fingerprint density at radius 3 is 2.15 bits per heavy atom. The largest absolute Gasteiger partial charge is 0.419 e. The van der Waals surface area contributed by atoms with Gasteiger partial charge in [0.1, 0.15) is 0 Å². The molecule has 0 spiro atoms. The maximum absolute atomic E-state index is 11.9. The molecular weight excluding hydrogens is 378 g/mol. The van der Waals surface area contributed by atoms with Crippen molar-refractivity contribution in [2.75, 3.05) is 11.6 Å². The first-order valence-electron chi connectivity index (χ1n) is 7.62. The number of sulfone groups is 1. The third-order valence-electron chi connectivity index (χ3n) is 3.36. The van der Waals surface area contributed by atoms with E-state index in [1.54, 1.807) is 24.3 Å². The SMILES string of the molecule is CC1(C)OC(=O)C(=CNc2ccc(-c3nnc(S(C)(=O)=O)o3)cc2)C(=O)O1. The van der Waals surface area contributed by atoms with Gasteiger partial charge in [0.05, 0.1) is 0 Å². The molecule has 3 rings (SSSR count). The Morgan fingerprint density at radius 1 is 1.04 bits per heavy atom. The summed E-state index contributed by atoms with van der Waals surface area (Å²) in [6, 6.07) is 6.42. The number of ether oxygens (including phenoxy) is 2. The number of carbonyl (C=O) groups excluding carboxylic acids is 2. The van der Waals surface area contributed by atoms with Gasteiger partial charge in [0.25, 0.3) is 5.79 Å². The molecule has 1 aliphatic heterocycles. The lowest BCUT2D eigenvalue weighted by atomic mass is 10.2. The fourth-order valence-electron chi connectivity index (χ4n) is 2.12. The van der Waals surface area contributed by atoms with Crippen molar-refractivity contribution in [2.45, 2.75) is 24.9 Å². The summed E-state index contributed by atoms with van der Waals surface area (Å²) in [4.78, 5) is 23.7. The van der Waals surface area contributed by atoms with Gasteiger partial charge < -0.3 is 19.2 Å². The zero-order valence-corrected chi connectivity index (χ0v) is 15.4. The number of carbonyl (C=O) groups is 2. The van der Waals surface area contributed by atoms with E-state index in [0.29, 0.717) is 11.3 Å². The van der Waals surface area contributed by atoms with Crippen LogP contribution in [0, 0.1) is 0 Å². The third kappa shape index (κ3) is 4.14. The van der Waals surface area contributed by atoms with Crippen LogP contribution < -0.4 is 5.32 Å². The third-order valence-corrected chi connectivity index (χ3v) is 4.15. The van der Waals surface area contributed by atoms with E-state index < -0.39 is 32.8 Å². The van der Waals surface area contributed by atoms with Gasteiger partial charge in [-0.25, -0.2) is 18.0 Å². The smallest absolute Gasteiger partial charge is 0.350 e. The van der Waals surface area contributed by atoms with Gasteiger partial charge in [0, 0.05) is 37.6 Å². The Bertz CT molecular complexity index is 1010.